The number of aromatic nitrogens is 1. The van der Waals surface area contributed by atoms with E-state index in [0.717, 1.165) is 11.3 Å². The Hall–Kier alpha value is -1.72. The van der Waals surface area contributed by atoms with E-state index in [1.165, 1.54) is 12.1 Å². The number of aromatic carboxylic acids is 1. The van der Waals surface area contributed by atoms with Crippen LogP contribution in [0.2, 0.25) is 10.0 Å². The molecule has 0 saturated carbocycles. The quantitative estimate of drug-likeness (QED) is 0.927. The summed E-state index contributed by atoms with van der Waals surface area (Å²) in [4.78, 5) is 10.9. The molecule has 1 aromatic heterocycles. The summed E-state index contributed by atoms with van der Waals surface area (Å²) < 4.78 is 10.6. The molecule has 2 aromatic rings. The molecule has 0 spiro atoms. The summed E-state index contributed by atoms with van der Waals surface area (Å²) in [5, 5.41) is 13.0. The Morgan fingerprint density at radius 3 is 2.40 bits per heavy atom. The van der Waals surface area contributed by atoms with Crippen molar-refractivity contribution in [2.75, 3.05) is 0 Å². The fraction of sp³-hybridized carbons (Fsp3) is 0.231. The fourth-order valence-corrected chi connectivity index (χ4v) is 2.27. The molecule has 0 saturated heterocycles. The van der Waals surface area contributed by atoms with Crippen LogP contribution >= 0.6 is 23.2 Å². The summed E-state index contributed by atoms with van der Waals surface area (Å²) in [6.07, 6.45) is 0. The van der Waals surface area contributed by atoms with Gasteiger partial charge in [0.1, 0.15) is 12.4 Å². The third-order valence-electron chi connectivity index (χ3n) is 2.79. The number of aryl methyl sites for hydroxylation is 2. The summed E-state index contributed by atoms with van der Waals surface area (Å²) in [7, 11) is 0. The molecule has 0 aliphatic carbocycles. The molecule has 0 bridgehead atoms. The number of hydrogen-bond donors (Lipinski definition) is 1. The summed E-state index contributed by atoms with van der Waals surface area (Å²) in [6.45, 7) is 3.76. The Kier molecular flexibility index (Phi) is 4.20. The van der Waals surface area contributed by atoms with Gasteiger partial charge in [0.05, 0.1) is 26.9 Å². The molecule has 1 aromatic carbocycles. The summed E-state index contributed by atoms with van der Waals surface area (Å²) >= 11 is 12.0. The minimum atomic E-state index is -1.11. The molecule has 0 fully saturated rings. The van der Waals surface area contributed by atoms with Gasteiger partial charge in [0.25, 0.3) is 0 Å². The van der Waals surface area contributed by atoms with E-state index in [1.807, 2.05) is 0 Å². The molecule has 5 nitrogen and oxygen atoms in total. The molecule has 0 radical (unpaired) electrons. The minimum Gasteiger partial charge on any atom is -0.486 e. The zero-order chi connectivity index (χ0) is 14.9. The van der Waals surface area contributed by atoms with Gasteiger partial charge in [-0.1, -0.05) is 28.4 Å². The van der Waals surface area contributed by atoms with Gasteiger partial charge in [-0.05, 0) is 26.0 Å². The van der Waals surface area contributed by atoms with E-state index in [0.29, 0.717) is 5.76 Å². The van der Waals surface area contributed by atoms with E-state index in [-0.39, 0.29) is 28.0 Å². The van der Waals surface area contributed by atoms with E-state index >= 15 is 0 Å². The molecule has 0 aliphatic rings. The van der Waals surface area contributed by atoms with Gasteiger partial charge in [0.2, 0.25) is 0 Å². The van der Waals surface area contributed by atoms with Crippen molar-refractivity contribution in [3.8, 4) is 5.75 Å². The molecule has 7 heteroatoms. The zero-order valence-electron chi connectivity index (χ0n) is 10.7. The molecule has 20 heavy (non-hydrogen) atoms. The number of carboxylic acids is 1. The van der Waals surface area contributed by atoms with E-state index < -0.39 is 5.97 Å². The van der Waals surface area contributed by atoms with Crippen molar-refractivity contribution in [1.82, 2.24) is 5.16 Å². The normalized spacial score (nSPS) is 10.6. The van der Waals surface area contributed by atoms with Gasteiger partial charge in [-0.3, -0.25) is 0 Å². The van der Waals surface area contributed by atoms with Gasteiger partial charge in [0.15, 0.2) is 5.75 Å². The maximum atomic E-state index is 10.9. The number of carbonyl (C=O) groups is 1. The first-order valence-corrected chi connectivity index (χ1v) is 6.42. The zero-order valence-corrected chi connectivity index (χ0v) is 12.2. The Labute approximate surface area is 125 Å². The van der Waals surface area contributed by atoms with Crippen LogP contribution in [-0.2, 0) is 6.61 Å². The molecule has 0 aliphatic heterocycles. The van der Waals surface area contributed by atoms with Gasteiger partial charge in [-0.2, -0.15) is 0 Å². The van der Waals surface area contributed by atoms with Crippen LogP contribution in [0.1, 0.15) is 27.4 Å². The summed E-state index contributed by atoms with van der Waals surface area (Å²) in [5.41, 5.74) is 1.53. The number of benzene rings is 1. The lowest BCUT2D eigenvalue weighted by Crippen LogP contribution is -2.01. The highest BCUT2D eigenvalue weighted by Gasteiger charge is 2.15. The molecular weight excluding hydrogens is 305 g/mol. The van der Waals surface area contributed by atoms with Crippen LogP contribution < -0.4 is 4.74 Å². The topological polar surface area (TPSA) is 72.6 Å². The molecule has 0 atom stereocenters. The smallest absolute Gasteiger partial charge is 0.335 e. The SMILES string of the molecule is Cc1noc(C)c1COc1c(Cl)cc(C(=O)O)cc1Cl. The molecule has 106 valence electrons. The van der Waals surface area contributed by atoms with Crippen molar-refractivity contribution in [3.63, 3.8) is 0 Å². The van der Waals surface area contributed by atoms with Gasteiger partial charge >= 0.3 is 5.97 Å². The highest BCUT2D eigenvalue weighted by Crippen LogP contribution is 2.35. The van der Waals surface area contributed by atoms with Crippen LogP contribution in [0.25, 0.3) is 0 Å². The fourth-order valence-electron chi connectivity index (χ4n) is 1.67. The van der Waals surface area contributed by atoms with E-state index in [4.69, 9.17) is 37.6 Å². The maximum Gasteiger partial charge on any atom is 0.335 e. The van der Waals surface area contributed by atoms with Crippen molar-refractivity contribution >= 4 is 29.2 Å². The van der Waals surface area contributed by atoms with Crippen molar-refractivity contribution in [1.29, 1.82) is 0 Å². The lowest BCUT2D eigenvalue weighted by Gasteiger charge is -2.10. The highest BCUT2D eigenvalue weighted by molar-refractivity contribution is 6.37. The average Bonchev–Trinajstić information content (AvgIpc) is 2.68. The van der Waals surface area contributed by atoms with Crippen LogP contribution in [0.5, 0.6) is 5.75 Å². The van der Waals surface area contributed by atoms with E-state index in [1.54, 1.807) is 13.8 Å². The average molecular weight is 316 g/mol. The third kappa shape index (κ3) is 2.89. The van der Waals surface area contributed by atoms with Crippen molar-refractivity contribution < 1.29 is 19.2 Å². The van der Waals surface area contributed by atoms with E-state index in [2.05, 4.69) is 5.16 Å². The predicted octanol–water partition coefficient (Wildman–Crippen LogP) is 3.88. The first kappa shape index (κ1) is 14.7. The number of nitrogens with zero attached hydrogens (tertiary/aromatic N) is 1. The van der Waals surface area contributed by atoms with Crippen LogP contribution in [0, 0.1) is 13.8 Å². The number of carboxylic acid groups (broad SMARTS) is 1. The number of rotatable bonds is 4. The predicted molar refractivity (Wildman–Crippen MR) is 73.7 cm³/mol. The largest absolute Gasteiger partial charge is 0.486 e. The molecule has 1 heterocycles. The molecule has 2 rings (SSSR count). The summed E-state index contributed by atoms with van der Waals surface area (Å²) in [5.74, 6) is -0.221. The van der Waals surface area contributed by atoms with Crippen LogP contribution in [0.3, 0.4) is 0 Å². The van der Waals surface area contributed by atoms with Crippen molar-refractivity contribution in [3.05, 3.63) is 44.8 Å². The Balaban J connectivity index is 2.24. The van der Waals surface area contributed by atoms with Crippen LogP contribution in [0.4, 0.5) is 0 Å². The summed E-state index contributed by atoms with van der Waals surface area (Å²) in [6, 6.07) is 2.58. The van der Waals surface area contributed by atoms with Crippen molar-refractivity contribution in [2.24, 2.45) is 0 Å². The lowest BCUT2D eigenvalue weighted by atomic mass is 10.2. The Morgan fingerprint density at radius 2 is 1.95 bits per heavy atom. The van der Waals surface area contributed by atoms with Crippen LogP contribution in [0.15, 0.2) is 16.7 Å². The second kappa shape index (κ2) is 5.73. The number of hydrogen-bond acceptors (Lipinski definition) is 4. The monoisotopic (exact) mass is 315 g/mol. The first-order valence-electron chi connectivity index (χ1n) is 5.67. The van der Waals surface area contributed by atoms with Gasteiger partial charge in [-0.25, -0.2) is 4.79 Å². The van der Waals surface area contributed by atoms with Gasteiger partial charge < -0.3 is 14.4 Å². The lowest BCUT2D eigenvalue weighted by molar-refractivity contribution is 0.0697. The third-order valence-corrected chi connectivity index (χ3v) is 3.35. The minimum absolute atomic E-state index is 0.00434. The molecular formula is C13H11Cl2NO4. The van der Waals surface area contributed by atoms with Gasteiger partial charge in [0, 0.05) is 0 Å². The first-order chi connectivity index (χ1) is 9.40. The Morgan fingerprint density at radius 1 is 1.35 bits per heavy atom. The number of ether oxygens (including phenoxy) is 1. The highest BCUT2D eigenvalue weighted by atomic mass is 35.5. The standard InChI is InChI=1S/C13H11Cl2NO4/c1-6-9(7(2)20-16-6)5-19-12-10(14)3-8(13(17)18)4-11(12)15/h3-4H,5H2,1-2H3,(H,17,18). The Bertz CT molecular complexity index is 624. The van der Waals surface area contributed by atoms with Crippen molar-refractivity contribution in [2.45, 2.75) is 20.5 Å². The molecule has 0 amide bonds. The maximum absolute atomic E-state index is 10.9. The van der Waals surface area contributed by atoms with Gasteiger partial charge in [-0.15, -0.1) is 0 Å². The van der Waals surface area contributed by atoms with Crippen LogP contribution in [-0.4, -0.2) is 16.2 Å². The second-order valence-electron chi connectivity index (χ2n) is 4.17. The second-order valence-corrected chi connectivity index (χ2v) is 4.98. The molecule has 0 unspecified atom stereocenters. The van der Waals surface area contributed by atoms with E-state index in [9.17, 15) is 4.79 Å². The molecule has 1 N–H and O–H groups in total. The number of halogens is 2.